The van der Waals surface area contributed by atoms with Gasteiger partial charge in [0.1, 0.15) is 23.4 Å². The van der Waals surface area contributed by atoms with Gasteiger partial charge in [-0.3, -0.25) is 9.59 Å². The fourth-order valence-electron chi connectivity index (χ4n) is 4.20. The van der Waals surface area contributed by atoms with Crippen LogP contribution in [-0.4, -0.2) is 50.6 Å². The molecule has 1 aromatic heterocycles. The van der Waals surface area contributed by atoms with Crippen molar-refractivity contribution in [3.8, 4) is 22.5 Å². The number of nitrogens with one attached hydrogen (secondary N) is 1. The highest BCUT2D eigenvalue weighted by molar-refractivity contribution is 6.04. The summed E-state index contributed by atoms with van der Waals surface area (Å²) in [6.45, 7) is 2.13. The number of halogens is 1. The van der Waals surface area contributed by atoms with Crippen molar-refractivity contribution < 1.29 is 28.6 Å². The predicted octanol–water partition coefficient (Wildman–Crippen LogP) is 6.89. The van der Waals surface area contributed by atoms with Crippen LogP contribution in [0.15, 0.2) is 95.4 Å². The van der Waals surface area contributed by atoms with Crippen molar-refractivity contribution in [1.82, 2.24) is 5.32 Å². The Morgan fingerprint density at radius 3 is 2.05 bits per heavy atom. The molecule has 5 rings (SSSR count). The molecule has 0 aliphatic carbocycles. The van der Waals surface area contributed by atoms with Crippen molar-refractivity contribution in [1.29, 1.82) is 0 Å². The van der Waals surface area contributed by atoms with E-state index in [4.69, 9.17) is 9.52 Å². The zero-order valence-electron chi connectivity index (χ0n) is 24.4. The van der Waals surface area contributed by atoms with Crippen LogP contribution in [0, 0.1) is 12.7 Å². The lowest BCUT2D eigenvalue weighted by atomic mass is 9.93. The first-order chi connectivity index (χ1) is 20.4. The number of furan rings is 1. The van der Waals surface area contributed by atoms with Gasteiger partial charge in [-0.1, -0.05) is 54.1 Å². The Bertz CT molecular complexity index is 1530. The number of aliphatic hydroxyl groups is 2. The number of benzene rings is 4. The van der Waals surface area contributed by atoms with E-state index < -0.39 is 0 Å². The molecule has 0 saturated heterocycles. The van der Waals surface area contributed by atoms with Crippen molar-refractivity contribution in [3.05, 3.63) is 119 Å². The maximum absolute atomic E-state index is 13.3. The molecule has 4 aromatic carbocycles. The van der Waals surface area contributed by atoms with Gasteiger partial charge in [0.2, 0.25) is 0 Å². The van der Waals surface area contributed by atoms with Crippen molar-refractivity contribution in [2.24, 2.45) is 0 Å². The fraction of sp³-hybridized carbons (Fsp3) is 0.200. The molecule has 5 aromatic rings. The van der Waals surface area contributed by atoms with Gasteiger partial charge in [0.05, 0.1) is 5.56 Å². The molecule has 0 amide bonds. The van der Waals surface area contributed by atoms with E-state index in [0.29, 0.717) is 46.3 Å². The van der Waals surface area contributed by atoms with Gasteiger partial charge in [-0.25, -0.2) is 4.39 Å². The van der Waals surface area contributed by atoms with Crippen LogP contribution in [0.5, 0.6) is 0 Å². The van der Waals surface area contributed by atoms with Gasteiger partial charge in [0, 0.05) is 30.2 Å². The molecule has 0 saturated carbocycles. The minimum atomic E-state index is -0.369. The van der Waals surface area contributed by atoms with Crippen LogP contribution >= 0.6 is 0 Å². The first-order valence-electron chi connectivity index (χ1n) is 13.5. The average molecular weight is 572 g/mol. The third kappa shape index (κ3) is 9.31. The molecule has 0 atom stereocenters. The molecular formula is C35H38FNO5. The molecule has 0 fully saturated rings. The Kier molecular flexibility index (Phi) is 14.5. The van der Waals surface area contributed by atoms with E-state index in [1.165, 1.54) is 17.7 Å². The van der Waals surface area contributed by atoms with E-state index in [9.17, 15) is 19.1 Å². The largest absolute Gasteiger partial charge is 0.455 e. The van der Waals surface area contributed by atoms with Crippen LogP contribution in [0.3, 0.4) is 0 Å². The molecule has 6 nitrogen and oxygen atoms in total. The number of rotatable bonds is 7. The summed E-state index contributed by atoms with van der Waals surface area (Å²) in [7, 11) is 4.75. The zero-order valence-corrected chi connectivity index (χ0v) is 24.4. The van der Waals surface area contributed by atoms with Gasteiger partial charge in [-0.2, -0.15) is 0 Å². The summed E-state index contributed by atoms with van der Waals surface area (Å²) in [4.78, 5) is 23.2. The van der Waals surface area contributed by atoms with Gasteiger partial charge < -0.3 is 19.9 Å². The molecule has 1 heterocycles. The third-order valence-electron chi connectivity index (χ3n) is 6.05. The fourth-order valence-corrected chi connectivity index (χ4v) is 4.20. The summed E-state index contributed by atoms with van der Waals surface area (Å²) >= 11 is 0. The van der Waals surface area contributed by atoms with Crippen LogP contribution in [0.25, 0.3) is 33.4 Å². The number of aryl methyl sites for hydroxylation is 2. The average Bonchev–Trinajstić information content (AvgIpc) is 3.39. The molecule has 0 aliphatic heterocycles. The summed E-state index contributed by atoms with van der Waals surface area (Å²) < 4.78 is 19.3. The predicted molar refractivity (Wildman–Crippen MR) is 168 cm³/mol. The minimum absolute atomic E-state index is 0.0461. The van der Waals surface area contributed by atoms with Crippen LogP contribution in [0.1, 0.15) is 38.3 Å². The lowest BCUT2D eigenvalue weighted by Gasteiger charge is -2.10. The summed E-state index contributed by atoms with van der Waals surface area (Å²) in [5.41, 5.74) is 6.06. The second-order valence-corrected chi connectivity index (χ2v) is 9.20. The monoisotopic (exact) mass is 571 g/mol. The van der Waals surface area contributed by atoms with Crippen LogP contribution in [0.4, 0.5) is 4.39 Å². The van der Waals surface area contributed by atoms with Gasteiger partial charge in [0.15, 0.2) is 6.29 Å². The molecule has 7 heteroatoms. The maximum Gasteiger partial charge on any atom is 0.154 e. The standard InChI is InChI=1S/C25H19FO4.C7H8.C2H7N.CH4O/c26-20-8-6-17(7-9-20)25-23(15-29)22-13-21(18-4-1-3-16(11-18)14-28)19(5-2-10-27)12-24(22)30-25;1-7-5-3-2-4-6-7;1-3-2;1-2/h1,3-4,6-9,11-15,27H,2,5,10H2;2-6H,1H3;3H,1-2H3;2H,1H3. The third-order valence-corrected chi connectivity index (χ3v) is 6.05. The number of hydrogen-bond donors (Lipinski definition) is 3. The lowest BCUT2D eigenvalue weighted by Crippen LogP contribution is -1.94. The number of hydrogen-bond acceptors (Lipinski definition) is 6. The number of fused-ring (bicyclic) bond motifs is 1. The quantitative estimate of drug-likeness (QED) is 0.184. The summed E-state index contributed by atoms with van der Waals surface area (Å²) in [5, 5.41) is 19.7. The van der Waals surface area contributed by atoms with E-state index in [2.05, 4.69) is 24.4 Å². The molecule has 0 spiro atoms. The Morgan fingerprint density at radius 1 is 0.833 bits per heavy atom. The maximum atomic E-state index is 13.3. The highest BCUT2D eigenvalue weighted by Crippen LogP contribution is 2.37. The van der Waals surface area contributed by atoms with Crippen molar-refractivity contribution >= 4 is 23.5 Å². The van der Waals surface area contributed by atoms with Gasteiger partial charge >= 0.3 is 0 Å². The first-order valence-corrected chi connectivity index (χ1v) is 13.5. The Balaban J connectivity index is 0.000000434. The lowest BCUT2D eigenvalue weighted by molar-refractivity contribution is 0.111. The highest BCUT2D eigenvalue weighted by Gasteiger charge is 2.19. The SMILES string of the molecule is CNC.CO.Cc1ccccc1.O=Cc1cccc(-c2cc3c(C=O)c(-c4ccc(F)cc4)oc3cc2CCCO)c1. The van der Waals surface area contributed by atoms with Gasteiger partial charge in [-0.05, 0) is 93.0 Å². The number of aliphatic hydroxyl groups excluding tert-OH is 2. The van der Waals surface area contributed by atoms with E-state index in [1.807, 2.05) is 50.5 Å². The van der Waals surface area contributed by atoms with E-state index >= 15 is 0 Å². The summed E-state index contributed by atoms with van der Waals surface area (Å²) in [6.07, 6.45) is 2.70. The Hall–Kier alpha value is -4.43. The van der Waals surface area contributed by atoms with E-state index in [0.717, 1.165) is 36.4 Å². The Labute approximate surface area is 246 Å². The topological polar surface area (TPSA) is 99.8 Å². The van der Waals surface area contributed by atoms with Crippen molar-refractivity contribution in [2.75, 3.05) is 27.8 Å². The molecule has 0 radical (unpaired) electrons. The van der Waals surface area contributed by atoms with E-state index in [1.54, 1.807) is 30.3 Å². The summed E-state index contributed by atoms with van der Waals surface area (Å²) in [6, 6.07) is 27.0. The number of carbonyl (C=O) groups excluding carboxylic acids is 2. The molecule has 220 valence electrons. The first kappa shape index (κ1) is 33.8. The highest BCUT2D eigenvalue weighted by atomic mass is 19.1. The molecule has 42 heavy (non-hydrogen) atoms. The second kappa shape index (κ2) is 18.1. The molecule has 3 N–H and O–H groups in total. The Morgan fingerprint density at radius 2 is 1.50 bits per heavy atom. The molecule has 0 bridgehead atoms. The van der Waals surface area contributed by atoms with Crippen LogP contribution < -0.4 is 5.32 Å². The minimum Gasteiger partial charge on any atom is -0.455 e. The zero-order chi connectivity index (χ0) is 30.9. The number of carbonyl (C=O) groups is 2. The van der Waals surface area contributed by atoms with Crippen LogP contribution in [-0.2, 0) is 6.42 Å². The van der Waals surface area contributed by atoms with Crippen LogP contribution in [0.2, 0.25) is 0 Å². The van der Waals surface area contributed by atoms with Gasteiger partial charge in [-0.15, -0.1) is 0 Å². The molecule has 0 aliphatic rings. The molecule has 0 unspecified atom stereocenters. The van der Waals surface area contributed by atoms with Crippen molar-refractivity contribution in [2.45, 2.75) is 19.8 Å². The molecular weight excluding hydrogens is 533 g/mol. The van der Waals surface area contributed by atoms with Crippen molar-refractivity contribution in [3.63, 3.8) is 0 Å². The van der Waals surface area contributed by atoms with Gasteiger partial charge in [0.25, 0.3) is 0 Å². The summed E-state index contributed by atoms with van der Waals surface area (Å²) in [5.74, 6) is 0.0121. The second-order valence-electron chi connectivity index (χ2n) is 9.20. The van der Waals surface area contributed by atoms with E-state index in [-0.39, 0.29) is 12.4 Å². The normalized spacial score (nSPS) is 9.88. The number of aldehydes is 2. The smallest absolute Gasteiger partial charge is 0.154 e.